The largest absolute Gasteiger partial charge is 0.362 e. The predicted octanol–water partition coefficient (Wildman–Crippen LogP) is 0.497. The van der Waals surface area contributed by atoms with Gasteiger partial charge in [0.25, 0.3) is 0 Å². The molecular weight excluding hydrogens is 176 g/mol. The number of fused-ring (bicyclic) bond motifs is 1. The third-order valence-corrected chi connectivity index (χ3v) is 2.45. The first-order valence-electron chi connectivity index (χ1n) is 4.93. The number of aromatic nitrogens is 2. The minimum atomic E-state index is 0.870. The molecule has 4 nitrogen and oxygen atoms in total. The predicted molar refractivity (Wildman–Crippen MR) is 56.5 cm³/mol. The summed E-state index contributed by atoms with van der Waals surface area (Å²) in [6, 6.07) is 0. The molecule has 0 saturated heterocycles. The Labute approximate surface area is 84.4 Å². The smallest absolute Gasteiger partial charge is 0.136 e. The van der Waals surface area contributed by atoms with Crippen LogP contribution in [0.4, 0.5) is 5.82 Å². The van der Waals surface area contributed by atoms with Crippen LogP contribution >= 0.6 is 0 Å². The molecule has 0 amide bonds. The molecule has 1 aliphatic heterocycles. The maximum atomic E-state index is 4.48. The van der Waals surface area contributed by atoms with Crippen LogP contribution in [0.3, 0.4) is 0 Å². The summed E-state index contributed by atoms with van der Waals surface area (Å²) in [6.07, 6.45) is 1.01. The first-order chi connectivity index (χ1) is 6.68. The lowest BCUT2D eigenvalue weighted by Gasteiger charge is -2.22. The topological polar surface area (TPSA) is 41.1 Å². The van der Waals surface area contributed by atoms with E-state index in [0.717, 1.165) is 31.2 Å². The SMILES string of the molecule is Cc1nc2c(c(N(C)C)n1)CNCC2. The van der Waals surface area contributed by atoms with E-state index in [1.807, 2.05) is 21.0 Å². The fourth-order valence-electron chi connectivity index (χ4n) is 1.82. The number of nitrogens with zero attached hydrogens (tertiary/aromatic N) is 3. The van der Waals surface area contributed by atoms with E-state index in [9.17, 15) is 0 Å². The van der Waals surface area contributed by atoms with E-state index >= 15 is 0 Å². The van der Waals surface area contributed by atoms with Gasteiger partial charge in [0.2, 0.25) is 0 Å². The lowest BCUT2D eigenvalue weighted by molar-refractivity contribution is 0.622. The van der Waals surface area contributed by atoms with Gasteiger partial charge in [0.05, 0.1) is 5.69 Å². The maximum Gasteiger partial charge on any atom is 0.136 e. The molecule has 2 rings (SSSR count). The molecule has 0 aliphatic carbocycles. The fourth-order valence-corrected chi connectivity index (χ4v) is 1.82. The Morgan fingerprint density at radius 1 is 1.29 bits per heavy atom. The Balaban J connectivity index is 2.52. The number of hydrogen-bond donors (Lipinski definition) is 1. The monoisotopic (exact) mass is 192 g/mol. The molecule has 1 aromatic rings. The van der Waals surface area contributed by atoms with Crippen LogP contribution in [0.25, 0.3) is 0 Å². The fraction of sp³-hybridized carbons (Fsp3) is 0.600. The molecule has 0 fully saturated rings. The first kappa shape index (κ1) is 9.40. The van der Waals surface area contributed by atoms with Gasteiger partial charge in [-0.1, -0.05) is 0 Å². The summed E-state index contributed by atoms with van der Waals surface area (Å²) < 4.78 is 0. The first-order valence-corrected chi connectivity index (χ1v) is 4.93. The minimum Gasteiger partial charge on any atom is -0.362 e. The van der Waals surface area contributed by atoms with E-state index in [-0.39, 0.29) is 0 Å². The maximum absolute atomic E-state index is 4.48. The average Bonchev–Trinajstić information content (AvgIpc) is 2.16. The molecule has 1 aromatic heterocycles. The number of rotatable bonds is 1. The Bertz CT molecular complexity index is 346. The van der Waals surface area contributed by atoms with Crippen LogP contribution in [0.5, 0.6) is 0 Å². The molecule has 0 unspecified atom stereocenters. The van der Waals surface area contributed by atoms with Crippen molar-refractivity contribution in [3.63, 3.8) is 0 Å². The van der Waals surface area contributed by atoms with Crippen LogP contribution in [0, 0.1) is 6.92 Å². The molecule has 1 aliphatic rings. The number of hydrogen-bond acceptors (Lipinski definition) is 4. The van der Waals surface area contributed by atoms with Crippen molar-refractivity contribution in [3.05, 3.63) is 17.1 Å². The molecular formula is C10H16N4. The normalized spacial score (nSPS) is 15.1. The zero-order valence-electron chi connectivity index (χ0n) is 8.96. The number of aryl methyl sites for hydroxylation is 1. The molecule has 0 radical (unpaired) electrons. The van der Waals surface area contributed by atoms with Crippen molar-refractivity contribution in [1.82, 2.24) is 15.3 Å². The van der Waals surface area contributed by atoms with Crippen LogP contribution in [0.2, 0.25) is 0 Å². The van der Waals surface area contributed by atoms with Gasteiger partial charge in [-0.2, -0.15) is 0 Å². The molecule has 14 heavy (non-hydrogen) atoms. The van der Waals surface area contributed by atoms with Crippen molar-refractivity contribution in [2.24, 2.45) is 0 Å². The van der Waals surface area contributed by atoms with Crippen LogP contribution in [-0.4, -0.2) is 30.6 Å². The molecule has 0 bridgehead atoms. The highest BCUT2D eigenvalue weighted by atomic mass is 15.2. The molecule has 1 N–H and O–H groups in total. The molecule has 4 heteroatoms. The van der Waals surface area contributed by atoms with E-state index < -0.39 is 0 Å². The standard InChI is InChI=1S/C10H16N4/c1-7-12-9-4-5-11-6-8(9)10(13-7)14(2)3/h11H,4-6H2,1-3H3. The van der Waals surface area contributed by atoms with E-state index in [2.05, 4.69) is 20.2 Å². The van der Waals surface area contributed by atoms with Crippen LogP contribution in [-0.2, 0) is 13.0 Å². The molecule has 2 heterocycles. The minimum absolute atomic E-state index is 0.870. The second-order valence-corrected chi connectivity index (χ2v) is 3.84. The Hall–Kier alpha value is -1.16. The van der Waals surface area contributed by atoms with Gasteiger partial charge in [0.15, 0.2) is 0 Å². The zero-order valence-corrected chi connectivity index (χ0v) is 8.96. The second kappa shape index (κ2) is 3.53. The van der Waals surface area contributed by atoms with Gasteiger partial charge in [0, 0.05) is 39.2 Å². The summed E-state index contributed by atoms with van der Waals surface area (Å²) in [6.45, 7) is 3.87. The van der Waals surface area contributed by atoms with Crippen molar-refractivity contribution < 1.29 is 0 Å². The summed E-state index contributed by atoms with van der Waals surface area (Å²) >= 11 is 0. The van der Waals surface area contributed by atoms with E-state index in [1.54, 1.807) is 0 Å². The summed E-state index contributed by atoms with van der Waals surface area (Å²) in [5, 5.41) is 3.35. The van der Waals surface area contributed by atoms with Gasteiger partial charge in [-0.15, -0.1) is 0 Å². The van der Waals surface area contributed by atoms with Gasteiger partial charge in [0.1, 0.15) is 11.6 Å². The zero-order chi connectivity index (χ0) is 10.1. The second-order valence-electron chi connectivity index (χ2n) is 3.84. The highest BCUT2D eigenvalue weighted by Gasteiger charge is 2.17. The average molecular weight is 192 g/mol. The third kappa shape index (κ3) is 1.57. The lowest BCUT2D eigenvalue weighted by atomic mass is 10.1. The van der Waals surface area contributed by atoms with Crippen LogP contribution < -0.4 is 10.2 Å². The van der Waals surface area contributed by atoms with Gasteiger partial charge >= 0.3 is 0 Å². The van der Waals surface area contributed by atoms with Crippen molar-refractivity contribution in [1.29, 1.82) is 0 Å². The van der Waals surface area contributed by atoms with Gasteiger partial charge in [-0.05, 0) is 6.92 Å². The van der Waals surface area contributed by atoms with Crippen molar-refractivity contribution in [2.45, 2.75) is 19.9 Å². The summed E-state index contributed by atoms with van der Waals surface area (Å²) in [5.74, 6) is 1.93. The van der Waals surface area contributed by atoms with Crippen molar-refractivity contribution in [3.8, 4) is 0 Å². The molecule has 0 atom stereocenters. The third-order valence-electron chi connectivity index (χ3n) is 2.45. The van der Waals surface area contributed by atoms with Gasteiger partial charge < -0.3 is 10.2 Å². The summed E-state index contributed by atoms with van der Waals surface area (Å²) in [5.41, 5.74) is 2.46. The van der Waals surface area contributed by atoms with Crippen molar-refractivity contribution >= 4 is 5.82 Å². The van der Waals surface area contributed by atoms with E-state index in [0.29, 0.717) is 0 Å². The van der Waals surface area contributed by atoms with Gasteiger partial charge in [-0.25, -0.2) is 9.97 Å². The van der Waals surface area contributed by atoms with E-state index in [4.69, 9.17) is 0 Å². The molecule has 0 saturated carbocycles. The van der Waals surface area contributed by atoms with Gasteiger partial charge in [-0.3, -0.25) is 0 Å². The molecule has 76 valence electrons. The summed E-state index contributed by atoms with van der Waals surface area (Å²) in [4.78, 5) is 11.0. The Morgan fingerprint density at radius 2 is 2.07 bits per heavy atom. The number of anilines is 1. The summed E-state index contributed by atoms with van der Waals surface area (Å²) in [7, 11) is 4.05. The molecule has 0 spiro atoms. The van der Waals surface area contributed by atoms with Crippen molar-refractivity contribution in [2.75, 3.05) is 25.5 Å². The molecule has 0 aromatic carbocycles. The number of nitrogens with one attached hydrogen (secondary N) is 1. The quantitative estimate of drug-likeness (QED) is 0.703. The lowest BCUT2D eigenvalue weighted by Crippen LogP contribution is -2.28. The van der Waals surface area contributed by atoms with Crippen LogP contribution in [0.15, 0.2) is 0 Å². The Kier molecular flexibility index (Phi) is 2.37. The Morgan fingerprint density at radius 3 is 2.79 bits per heavy atom. The van der Waals surface area contributed by atoms with Crippen LogP contribution in [0.1, 0.15) is 17.1 Å². The highest BCUT2D eigenvalue weighted by molar-refractivity contribution is 5.48. The highest BCUT2D eigenvalue weighted by Crippen LogP contribution is 2.21. The van der Waals surface area contributed by atoms with E-state index in [1.165, 1.54) is 11.3 Å².